The normalized spacial score (nSPS) is 13.4. The third-order valence-electron chi connectivity index (χ3n) is 6.58. The first-order valence-electron chi connectivity index (χ1n) is 13.2. The molecule has 1 saturated heterocycles. The number of benzene rings is 2. The zero-order chi connectivity index (χ0) is 27.5. The van der Waals surface area contributed by atoms with Crippen LogP contribution in [0.5, 0.6) is 0 Å². The minimum absolute atomic E-state index is 0.00102. The van der Waals surface area contributed by atoms with E-state index in [0.717, 1.165) is 51.4 Å². The number of nitrogens with one attached hydrogen (secondary N) is 2. The number of hydrogen-bond acceptors (Lipinski definition) is 8. The molecule has 0 aliphatic carbocycles. The van der Waals surface area contributed by atoms with Gasteiger partial charge in [-0.2, -0.15) is 0 Å². The molecule has 2 aromatic carbocycles. The molecule has 0 unspecified atom stereocenters. The van der Waals surface area contributed by atoms with E-state index in [1.165, 1.54) is 0 Å². The van der Waals surface area contributed by atoms with E-state index >= 15 is 0 Å². The molecule has 204 valence electrons. The maximum atomic E-state index is 12.7. The fourth-order valence-electron chi connectivity index (χ4n) is 4.31. The van der Waals surface area contributed by atoms with Gasteiger partial charge in [-0.1, -0.05) is 55.1 Å². The average Bonchev–Trinajstić information content (AvgIpc) is 2.97. The largest absolute Gasteiger partial charge is 0.397 e. The summed E-state index contributed by atoms with van der Waals surface area (Å²) in [7, 11) is 0. The SMILES string of the molecule is C=C(NCC(=O)c1ccccc1)N(CCCN1CCOCC1)Cc1ccc(C(=O)Nc2ccccc2N)nc1. The highest BCUT2D eigenvalue weighted by molar-refractivity contribution is 6.04. The minimum Gasteiger partial charge on any atom is -0.397 e. The van der Waals surface area contributed by atoms with Gasteiger partial charge in [0, 0.05) is 44.5 Å². The molecule has 1 aliphatic rings. The highest BCUT2D eigenvalue weighted by Gasteiger charge is 2.15. The molecule has 1 fully saturated rings. The number of morpholine rings is 1. The van der Waals surface area contributed by atoms with E-state index in [2.05, 4.69) is 32.0 Å². The lowest BCUT2D eigenvalue weighted by Gasteiger charge is -2.30. The number of carbonyl (C=O) groups excluding carboxylic acids is 2. The van der Waals surface area contributed by atoms with E-state index < -0.39 is 0 Å². The Bertz CT molecular complexity index is 1240. The van der Waals surface area contributed by atoms with Crippen molar-refractivity contribution in [3.63, 3.8) is 0 Å². The number of rotatable bonds is 13. The maximum Gasteiger partial charge on any atom is 0.274 e. The number of Topliss-reactive ketones (excluding diaryl/α,β-unsaturated/α-hetero) is 1. The van der Waals surface area contributed by atoms with Crippen molar-refractivity contribution in [2.45, 2.75) is 13.0 Å². The zero-order valence-electron chi connectivity index (χ0n) is 22.1. The molecule has 0 atom stereocenters. The Morgan fingerprint density at radius 2 is 1.77 bits per heavy atom. The Kier molecular flexibility index (Phi) is 10.0. The zero-order valence-corrected chi connectivity index (χ0v) is 22.1. The van der Waals surface area contributed by atoms with Gasteiger partial charge in [0.05, 0.1) is 37.0 Å². The first-order valence-corrected chi connectivity index (χ1v) is 13.2. The minimum atomic E-state index is -0.327. The molecule has 4 N–H and O–H groups in total. The van der Waals surface area contributed by atoms with Crippen molar-refractivity contribution in [3.05, 3.63) is 102 Å². The van der Waals surface area contributed by atoms with E-state index in [4.69, 9.17) is 10.5 Å². The molecule has 39 heavy (non-hydrogen) atoms. The van der Waals surface area contributed by atoms with Gasteiger partial charge >= 0.3 is 0 Å². The van der Waals surface area contributed by atoms with Gasteiger partial charge in [0.1, 0.15) is 5.69 Å². The van der Waals surface area contributed by atoms with E-state index in [9.17, 15) is 9.59 Å². The number of ether oxygens (including phenoxy) is 1. The Morgan fingerprint density at radius 1 is 1.03 bits per heavy atom. The molecule has 3 aromatic rings. The van der Waals surface area contributed by atoms with Crippen molar-refractivity contribution >= 4 is 23.1 Å². The fourth-order valence-corrected chi connectivity index (χ4v) is 4.31. The van der Waals surface area contributed by atoms with Crippen LogP contribution in [0.4, 0.5) is 11.4 Å². The molecule has 0 bridgehead atoms. The van der Waals surface area contributed by atoms with E-state index in [0.29, 0.717) is 35.0 Å². The van der Waals surface area contributed by atoms with Crippen LogP contribution in [0.3, 0.4) is 0 Å². The second-order valence-electron chi connectivity index (χ2n) is 9.41. The summed E-state index contributed by atoms with van der Waals surface area (Å²) in [5.74, 6) is 0.344. The number of carbonyl (C=O) groups is 2. The van der Waals surface area contributed by atoms with E-state index in [1.54, 1.807) is 24.4 Å². The van der Waals surface area contributed by atoms with Crippen LogP contribution in [0.25, 0.3) is 0 Å². The third-order valence-corrected chi connectivity index (χ3v) is 6.58. The summed E-state index contributed by atoms with van der Waals surface area (Å²) in [5.41, 5.74) is 8.86. The van der Waals surface area contributed by atoms with E-state index in [-0.39, 0.29) is 18.2 Å². The number of aromatic nitrogens is 1. The lowest BCUT2D eigenvalue weighted by atomic mass is 10.1. The van der Waals surface area contributed by atoms with Gasteiger partial charge < -0.3 is 26.0 Å². The highest BCUT2D eigenvalue weighted by Crippen LogP contribution is 2.18. The number of nitrogens with two attached hydrogens (primary N) is 1. The average molecular weight is 529 g/mol. The second-order valence-corrected chi connectivity index (χ2v) is 9.41. The summed E-state index contributed by atoms with van der Waals surface area (Å²) in [6, 6.07) is 19.9. The first-order chi connectivity index (χ1) is 19.0. The van der Waals surface area contributed by atoms with Crippen molar-refractivity contribution in [3.8, 4) is 0 Å². The van der Waals surface area contributed by atoms with Crippen molar-refractivity contribution in [1.82, 2.24) is 20.1 Å². The summed E-state index contributed by atoms with van der Waals surface area (Å²) in [4.78, 5) is 34.1. The fraction of sp³-hybridized carbons (Fsp3) is 0.300. The molecule has 4 rings (SSSR count). The molecule has 1 aliphatic heterocycles. The Morgan fingerprint density at radius 3 is 2.49 bits per heavy atom. The lowest BCUT2D eigenvalue weighted by molar-refractivity contribution is 0.0363. The molecule has 0 spiro atoms. The maximum absolute atomic E-state index is 12.7. The highest BCUT2D eigenvalue weighted by atomic mass is 16.5. The molecule has 0 radical (unpaired) electrons. The van der Waals surface area contributed by atoms with Crippen LogP contribution in [0.2, 0.25) is 0 Å². The Hall–Kier alpha value is -4.21. The molecule has 1 amide bonds. The van der Waals surface area contributed by atoms with Crippen LogP contribution in [0.15, 0.2) is 85.3 Å². The van der Waals surface area contributed by atoms with Crippen molar-refractivity contribution in [2.24, 2.45) is 0 Å². The summed E-state index contributed by atoms with van der Waals surface area (Å²) in [5, 5.41) is 6.00. The quantitative estimate of drug-likeness (QED) is 0.229. The predicted octanol–water partition coefficient (Wildman–Crippen LogP) is 3.38. The number of hydrogen-bond donors (Lipinski definition) is 3. The summed E-state index contributed by atoms with van der Waals surface area (Å²) in [6.07, 6.45) is 2.63. The van der Waals surface area contributed by atoms with Gasteiger partial charge in [-0.25, -0.2) is 0 Å². The van der Waals surface area contributed by atoms with Crippen LogP contribution in [0.1, 0.15) is 32.8 Å². The van der Waals surface area contributed by atoms with Crippen molar-refractivity contribution in [2.75, 3.05) is 57.0 Å². The Balaban J connectivity index is 1.37. The molecular weight excluding hydrogens is 492 g/mol. The number of para-hydroxylation sites is 2. The Labute approximate surface area is 229 Å². The van der Waals surface area contributed by atoms with Crippen LogP contribution < -0.4 is 16.4 Å². The molecule has 9 heteroatoms. The van der Waals surface area contributed by atoms with Crippen LogP contribution >= 0.6 is 0 Å². The summed E-state index contributed by atoms with van der Waals surface area (Å²) >= 11 is 0. The number of pyridine rings is 1. The standard InChI is InChI=1S/C30H36N6O3/c1-23(32-21-29(37)25-8-3-2-4-9-25)36(15-7-14-35-16-18-39-19-17-35)22-24-12-13-28(33-20-24)30(38)34-27-11-6-5-10-26(27)31/h2-6,8-13,20,32H,1,7,14-19,21-22,31H2,(H,34,38). The first kappa shape index (κ1) is 27.8. The smallest absolute Gasteiger partial charge is 0.274 e. The summed E-state index contributed by atoms with van der Waals surface area (Å²) < 4.78 is 5.45. The van der Waals surface area contributed by atoms with Gasteiger partial charge in [0.15, 0.2) is 5.78 Å². The monoisotopic (exact) mass is 528 g/mol. The number of anilines is 2. The van der Waals surface area contributed by atoms with Crippen molar-refractivity contribution < 1.29 is 14.3 Å². The summed E-state index contributed by atoms with van der Waals surface area (Å²) in [6.45, 7) is 10.0. The van der Waals surface area contributed by atoms with Gasteiger partial charge in [-0.05, 0) is 30.2 Å². The van der Waals surface area contributed by atoms with Crippen molar-refractivity contribution in [1.29, 1.82) is 0 Å². The number of amides is 1. The van der Waals surface area contributed by atoms with E-state index in [1.807, 2.05) is 48.5 Å². The molecular formula is C30H36N6O3. The molecule has 0 saturated carbocycles. The van der Waals surface area contributed by atoms with Gasteiger partial charge in [-0.15, -0.1) is 0 Å². The van der Waals surface area contributed by atoms with Crippen LogP contribution in [-0.4, -0.2) is 72.4 Å². The number of ketones is 1. The molecule has 2 heterocycles. The van der Waals surface area contributed by atoms with Crippen LogP contribution in [-0.2, 0) is 11.3 Å². The third kappa shape index (κ3) is 8.39. The molecule has 1 aromatic heterocycles. The lowest BCUT2D eigenvalue weighted by Crippen LogP contribution is -2.39. The number of nitrogen functional groups attached to an aromatic ring is 1. The molecule has 9 nitrogen and oxygen atoms in total. The predicted molar refractivity (Wildman–Crippen MR) is 153 cm³/mol. The van der Waals surface area contributed by atoms with Gasteiger partial charge in [0.2, 0.25) is 0 Å². The van der Waals surface area contributed by atoms with Gasteiger partial charge in [0.25, 0.3) is 5.91 Å². The second kappa shape index (κ2) is 14.1. The number of nitrogens with zero attached hydrogens (tertiary/aromatic N) is 3. The topological polar surface area (TPSA) is 113 Å². The van der Waals surface area contributed by atoms with Gasteiger partial charge in [-0.3, -0.25) is 19.5 Å². The van der Waals surface area contributed by atoms with Crippen LogP contribution in [0, 0.1) is 0 Å².